The molecule has 0 aliphatic heterocycles. The van der Waals surface area contributed by atoms with Gasteiger partial charge in [-0.05, 0) is 18.8 Å². The minimum Gasteiger partial charge on any atom is -0.492 e. The van der Waals surface area contributed by atoms with Crippen LogP contribution in [0.25, 0.3) is 0 Å². The van der Waals surface area contributed by atoms with Crippen LogP contribution in [0.15, 0.2) is 6.20 Å². The second-order valence-electron chi connectivity index (χ2n) is 3.89. The number of esters is 1. The van der Waals surface area contributed by atoms with Gasteiger partial charge in [0.1, 0.15) is 0 Å². The van der Waals surface area contributed by atoms with E-state index in [1.807, 2.05) is 0 Å². The molecule has 0 bridgehead atoms. The molecule has 1 fully saturated rings. The maximum atomic E-state index is 11.5. The van der Waals surface area contributed by atoms with Gasteiger partial charge in [0.2, 0.25) is 0 Å². The van der Waals surface area contributed by atoms with Crippen molar-refractivity contribution in [2.75, 3.05) is 21.3 Å². The summed E-state index contributed by atoms with van der Waals surface area (Å²) in [6.07, 6.45) is 3.92. The van der Waals surface area contributed by atoms with E-state index in [4.69, 9.17) is 9.47 Å². The highest BCUT2D eigenvalue weighted by atomic mass is 16.5. The standard InChI is InChI=1S/C12H15NO4/c1-15-10-8(7-4-5-7)6-13-9(11(10)16-2)12(14)17-3/h6-7H,4-5H2,1-3H3. The van der Waals surface area contributed by atoms with Crippen molar-refractivity contribution < 1.29 is 19.0 Å². The fourth-order valence-electron chi connectivity index (χ4n) is 1.82. The third-order valence-electron chi connectivity index (χ3n) is 2.82. The largest absolute Gasteiger partial charge is 0.492 e. The zero-order valence-corrected chi connectivity index (χ0v) is 10.1. The van der Waals surface area contributed by atoms with Crippen molar-refractivity contribution >= 4 is 5.97 Å². The molecule has 0 unspecified atom stereocenters. The van der Waals surface area contributed by atoms with Crippen molar-refractivity contribution in [2.24, 2.45) is 0 Å². The molecule has 92 valence electrons. The van der Waals surface area contributed by atoms with Crippen LogP contribution in [0.2, 0.25) is 0 Å². The molecule has 0 aromatic carbocycles. The molecule has 0 N–H and O–H groups in total. The van der Waals surface area contributed by atoms with E-state index in [0.29, 0.717) is 17.4 Å². The van der Waals surface area contributed by atoms with Crippen LogP contribution in [0.4, 0.5) is 0 Å². The maximum absolute atomic E-state index is 11.5. The number of aromatic nitrogens is 1. The molecular weight excluding hydrogens is 222 g/mol. The van der Waals surface area contributed by atoms with Gasteiger partial charge in [-0.3, -0.25) is 0 Å². The summed E-state index contributed by atoms with van der Waals surface area (Å²) in [5.41, 5.74) is 1.15. The second kappa shape index (κ2) is 4.61. The Hall–Kier alpha value is -1.78. The Balaban J connectivity index is 2.52. The third kappa shape index (κ3) is 2.05. The molecule has 1 heterocycles. The lowest BCUT2D eigenvalue weighted by molar-refractivity contribution is 0.0589. The van der Waals surface area contributed by atoms with Crippen LogP contribution >= 0.6 is 0 Å². The summed E-state index contributed by atoms with van der Waals surface area (Å²) >= 11 is 0. The van der Waals surface area contributed by atoms with Crippen LogP contribution in [-0.4, -0.2) is 32.3 Å². The second-order valence-corrected chi connectivity index (χ2v) is 3.89. The predicted molar refractivity (Wildman–Crippen MR) is 60.7 cm³/mol. The number of methoxy groups -OCH3 is 3. The van der Waals surface area contributed by atoms with Gasteiger partial charge < -0.3 is 14.2 Å². The van der Waals surface area contributed by atoms with Crippen LogP contribution in [0.1, 0.15) is 34.8 Å². The number of ether oxygens (including phenoxy) is 3. The Morgan fingerprint density at radius 3 is 2.35 bits per heavy atom. The molecular formula is C12H15NO4. The lowest BCUT2D eigenvalue weighted by Gasteiger charge is -2.14. The summed E-state index contributed by atoms with van der Waals surface area (Å²) in [6.45, 7) is 0. The number of nitrogens with zero attached hydrogens (tertiary/aromatic N) is 1. The van der Waals surface area contributed by atoms with E-state index in [1.54, 1.807) is 13.3 Å². The molecule has 1 aromatic rings. The molecule has 5 nitrogen and oxygen atoms in total. The Labute approximate surface area is 99.7 Å². The summed E-state index contributed by atoms with van der Waals surface area (Å²) in [4.78, 5) is 15.6. The van der Waals surface area contributed by atoms with E-state index in [9.17, 15) is 4.79 Å². The van der Waals surface area contributed by atoms with Gasteiger partial charge in [0.25, 0.3) is 0 Å². The van der Waals surface area contributed by atoms with Crippen LogP contribution < -0.4 is 9.47 Å². The number of hydrogen-bond donors (Lipinski definition) is 0. The molecule has 17 heavy (non-hydrogen) atoms. The van der Waals surface area contributed by atoms with E-state index in [-0.39, 0.29) is 5.69 Å². The first-order chi connectivity index (χ1) is 8.22. The lowest BCUT2D eigenvalue weighted by atomic mass is 10.1. The highest BCUT2D eigenvalue weighted by Crippen LogP contribution is 2.47. The first kappa shape index (κ1) is 11.7. The Morgan fingerprint density at radius 2 is 1.88 bits per heavy atom. The molecule has 1 saturated carbocycles. The molecule has 1 aliphatic carbocycles. The van der Waals surface area contributed by atoms with Crippen molar-refractivity contribution in [1.82, 2.24) is 4.98 Å². The van der Waals surface area contributed by atoms with Gasteiger partial charge in [-0.1, -0.05) is 0 Å². The number of rotatable bonds is 4. The molecule has 5 heteroatoms. The molecule has 0 radical (unpaired) electrons. The molecule has 1 aliphatic rings. The lowest BCUT2D eigenvalue weighted by Crippen LogP contribution is -2.09. The molecule has 2 rings (SSSR count). The average Bonchev–Trinajstić information content (AvgIpc) is 3.19. The summed E-state index contributed by atoms with van der Waals surface area (Å²) in [7, 11) is 4.36. The molecule has 0 atom stereocenters. The van der Waals surface area contributed by atoms with Crippen molar-refractivity contribution in [3.63, 3.8) is 0 Å². The van der Waals surface area contributed by atoms with Crippen LogP contribution in [0.3, 0.4) is 0 Å². The average molecular weight is 237 g/mol. The van der Waals surface area contributed by atoms with Gasteiger partial charge in [-0.25, -0.2) is 9.78 Å². The van der Waals surface area contributed by atoms with Crippen molar-refractivity contribution in [3.05, 3.63) is 17.5 Å². The van der Waals surface area contributed by atoms with Gasteiger partial charge in [-0.2, -0.15) is 0 Å². The van der Waals surface area contributed by atoms with Gasteiger partial charge in [0.15, 0.2) is 17.2 Å². The summed E-state index contributed by atoms with van der Waals surface area (Å²) in [5, 5.41) is 0. The number of pyridine rings is 1. The van der Waals surface area contributed by atoms with Gasteiger partial charge in [0.05, 0.1) is 21.3 Å². The normalized spacial score (nSPS) is 14.3. The molecule has 0 amide bonds. The van der Waals surface area contributed by atoms with E-state index < -0.39 is 5.97 Å². The fourth-order valence-corrected chi connectivity index (χ4v) is 1.82. The van der Waals surface area contributed by atoms with Gasteiger partial charge in [-0.15, -0.1) is 0 Å². The minimum atomic E-state index is -0.525. The number of hydrogen-bond acceptors (Lipinski definition) is 5. The van der Waals surface area contributed by atoms with Crippen molar-refractivity contribution in [1.29, 1.82) is 0 Å². The van der Waals surface area contributed by atoms with Crippen molar-refractivity contribution in [3.8, 4) is 11.5 Å². The SMILES string of the molecule is COC(=O)c1ncc(C2CC2)c(OC)c1OC. The van der Waals surface area contributed by atoms with E-state index in [0.717, 1.165) is 18.4 Å². The van der Waals surface area contributed by atoms with Crippen molar-refractivity contribution in [2.45, 2.75) is 18.8 Å². The van der Waals surface area contributed by atoms with Crippen LogP contribution in [0, 0.1) is 0 Å². The van der Waals surface area contributed by atoms with Gasteiger partial charge >= 0.3 is 5.97 Å². The Morgan fingerprint density at radius 1 is 1.24 bits per heavy atom. The first-order valence-electron chi connectivity index (χ1n) is 5.42. The zero-order valence-electron chi connectivity index (χ0n) is 10.1. The first-order valence-corrected chi connectivity index (χ1v) is 5.42. The summed E-state index contributed by atoms with van der Waals surface area (Å²) < 4.78 is 15.2. The zero-order chi connectivity index (χ0) is 12.4. The minimum absolute atomic E-state index is 0.149. The fraction of sp³-hybridized carbons (Fsp3) is 0.500. The molecule has 0 spiro atoms. The van der Waals surface area contributed by atoms with E-state index in [2.05, 4.69) is 9.72 Å². The number of carbonyl (C=O) groups is 1. The van der Waals surface area contributed by atoms with Crippen LogP contribution in [-0.2, 0) is 4.74 Å². The number of carbonyl (C=O) groups excluding carboxylic acids is 1. The molecule has 0 saturated heterocycles. The highest BCUT2D eigenvalue weighted by molar-refractivity contribution is 5.91. The predicted octanol–water partition coefficient (Wildman–Crippen LogP) is 1.76. The third-order valence-corrected chi connectivity index (χ3v) is 2.82. The van der Waals surface area contributed by atoms with E-state index in [1.165, 1.54) is 14.2 Å². The van der Waals surface area contributed by atoms with Crippen LogP contribution in [0.5, 0.6) is 11.5 Å². The quantitative estimate of drug-likeness (QED) is 0.747. The monoisotopic (exact) mass is 237 g/mol. The highest BCUT2D eigenvalue weighted by Gasteiger charge is 2.31. The summed E-state index contributed by atoms with van der Waals surface area (Å²) in [6, 6.07) is 0. The molecule has 1 aromatic heterocycles. The Bertz CT molecular complexity index is 440. The summed E-state index contributed by atoms with van der Waals surface area (Å²) in [5.74, 6) is 0.884. The van der Waals surface area contributed by atoms with Gasteiger partial charge in [0, 0.05) is 11.8 Å². The van der Waals surface area contributed by atoms with E-state index >= 15 is 0 Å². The Kier molecular flexibility index (Phi) is 3.17. The topological polar surface area (TPSA) is 57.7 Å². The maximum Gasteiger partial charge on any atom is 0.360 e. The smallest absolute Gasteiger partial charge is 0.360 e.